The monoisotopic (exact) mass is 263 g/mol. The van der Waals surface area contributed by atoms with Gasteiger partial charge in [-0.2, -0.15) is 4.98 Å². The summed E-state index contributed by atoms with van der Waals surface area (Å²) in [5.74, 6) is 1.96. The second-order valence-electron chi connectivity index (χ2n) is 3.71. The lowest BCUT2D eigenvalue weighted by molar-refractivity contribution is 0.377. The van der Waals surface area contributed by atoms with Gasteiger partial charge in [-0.3, -0.25) is 0 Å². The van der Waals surface area contributed by atoms with E-state index in [0.29, 0.717) is 29.7 Å². The van der Waals surface area contributed by atoms with Crippen LogP contribution in [0.5, 0.6) is 0 Å². The molecule has 18 heavy (non-hydrogen) atoms. The Balaban J connectivity index is 1.90. The van der Waals surface area contributed by atoms with Crippen molar-refractivity contribution < 1.29 is 4.52 Å². The maximum atomic E-state index is 5.55. The zero-order valence-electron chi connectivity index (χ0n) is 9.88. The summed E-state index contributed by atoms with van der Waals surface area (Å²) in [7, 11) is 0. The van der Waals surface area contributed by atoms with Crippen molar-refractivity contribution >= 4 is 23.0 Å². The van der Waals surface area contributed by atoms with E-state index < -0.39 is 0 Å². The van der Waals surface area contributed by atoms with Crippen molar-refractivity contribution in [2.75, 3.05) is 11.9 Å². The van der Waals surface area contributed by atoms with Gasteiger partial charge in [-0.05, 0) is 19.1 Å². The molecule has 0 spiro atoms. The first-order valence-corrected chi connectivity index (χ1v) is 5.85. The van der Waals surface area contributed by atoms with Crippen LogP contribution >= 0.6 is 12.2 Å². The molecule has 0 amide bonds. The number of nitrogens with one attached hydrogen (secondary N) is 1. The van der Waals surface area contributed by atoms with Crippen molar-refractivity contribution in [3.8, 4) is 0 Å². The molecule has 0 unspecified atom stereocenters. The Hall–Kier alpha value is -2.02. The number of aromatic nitrogens is 3. The number of nitrogens with zero attached hydrogens (tertiary/aromatic N) is 3. The van der Waals surface area contributed by atoms with E-state index in [-0.39, 0.29) is 0 Å². The molecule has 0 saturated heterocycles. The highest BCUT2D eigenvalue weighted by Crippen LogP contribution is 2.07. The molecule has 0 radical (unpaired) electrons. The predicted molar refractivity (Wildman–Crippen MR) is 71.4 cm³/mol. The Kier molecular flexibility index (Phi) is 3.83. The highest BCUT2D eigenvalue weighted by molar-refractivity contribution is 7.80. The first kappa shape index (κ1) is 12.4. The van der Waals surface area contributed by atoms with E-state index in [2.05, 4.69) is 20.4 Å². The lowest BCUT2D eigenvalue weighted by Crippen LogP contribution is -2.11. The maximum absolute atomic E-state index is 5.55. The van der Waals surface area contributed by atoms with Crippen molar-refractivity contribution in [2.24, 2.45) is 5.73 Å². The summed E-state index contributed by atoms with van der Waals surface area (Å²) in [6, 6.07) is 3.58. The quantitative estimate of drug-likeness (QED) is 0.779. The topological polar surface area (TPSA) is 89.9 Å². The summed E-state index contributed by atoms with van der Waals surface area (Å²) in [5, 5.41) is 6.86. The summed E-state index contributed by atoms with van der Waals surface area (Å²) < 4.78 is 5.00. The Bertz CT molecular complexity index is 554. The van der Waals surface area contributed by atoms with Gasteiger partial charge in [0.1, 0.15) is 10.8 Å². The average Bonchev–Trinajstić information content (AvgIpc) is 2.75. The SMILES string of the molecule is Cc1noc(CCNc2cc(C(N)=S)ccn2)n1. The Morgan fingerprint density at radius 2 is 2.39 bits per heavy atom. The van der Waals surface area contributed by atoms with Crippen LogP contribution in [0.1, 0.15) is 17.3 Å². The van der Waals surface area contributed by atoms with Crippen LogP contribution in [-0.4, -0.2) is 26.7 Å². The Labute approximate surface area is 110 Å². The van der Waals surface area contributed by atoms with Crippen LogP contribution < -0.4 is 11.1 Å². The van der Waals surface area contributed by atoms with Crippen LogP contribution in [-0.2, 0) is 6.42 Å². The van der Waals surface area contributed by atoms with Gasteiger partial charge in [0.15, 0.2) is 5.82 Å². The van der Waals surface area contributed by atoms with Crippen LogP contribution in [0, 0.1) is 6.92 Å². The number of nitrogens with two attached hydrogens (primary N) is 1. The fourth-order valence-corrected chi connectivity index (χ4v) is 1.55. The minimum Gasteiger partial charge on any atom is -0.389 e. The van der Waals surface area contributed by atoms with Gasteiger partial charge in [0.2, 0.25) is 5.89 Å². The van der Waals surface area contributed by atoms with Crippen molar-refractivity contribution in [3.05, 3.63) is 35.6 Å². The molecule has 6 nitrogen and oxygen atoms in total. The lowest BCUT2D eigenvalue weighted by atomic mass is 10.2. The highest BCUT2D eigenvalue weighted by atomic mass is 32.1. The molecule has 3 N–H and O–H groups in total. The van der Waals surface area contributed by atoms with Crippen LogP contribution in [0.2, 0.25) is 0 Å². The highest BCUT2D eigenvalue weighted by Gasteiger charge is 2.03. The second-order valence-corrected chi connectivity index (χ2v) is 4.15. The fraction of sp³-hybridized carbons (Fsp3) is 0.273. The van der Waals surface area contributed by atoms with E-state index in [9.17, 15) is 0 Å². The normalized spacial score (nSPS) is 10.3. The van der Waals surface area contributed by atoms with Gasteiger partial charge in [-0.15, -0.1) is 0 Å². The molecular formula is C11H13N5OS. The number of pyridine rings is 1. The van der Waals surface area contributed by atoms with E-state index in [4.69, 9.17) is 22.5 Å². The first-order chi connectivity index (χ1) is 8.65. The molecule has 0 fully saturated rings. The van der Waals surface area contributed by atoms with Crippen molar-refractivity contribution in [2.45, 2.75) is 13.3 Å². The smallest absolute Gasteiger partial charge is 0.228 e. The number of anilines is 1. The largest absolute Gasteiger partial charge is 0.389 e. The molecule has 2 aromatic rings. The lowest BCUT2D eigenvalue weighted by Gasteiger charge is -2.05. The van der Waals surface area contributed by atoms with Gasteiger partial charge in [0.25, 0.3) is 0 Å². The van der Waals surface area contributed by atoms with E-state index in [1.54, 1.807) is 25.3 Å². The van der Waals surface area contributed by atoms with Crippen LogP contribution in [0.3, 0.4) is 0 Å². The summed E-state index contributed by atoms with van der Waals surface area (Å²) in [4.78, 5) is 8.63. The van der Waals surface area contributed by atoms with Gasteiger partial charge < -0.3 is 15.6 Å². The predicted octanol–water partition coefficient (Wildman–Crippen LogP) is 1.06. The van der Waals surface area contributed by atoms with Gasteiger partial charge in [0, 0.05) is 24.7 Å². The Morgan fingerprint density at radius 3 is 3.06 bits per heavy atom. The minimum absolute atomic E-state index is 0.355. The molecule has 0 saturated carbocycles. The van der Waals surface area contributed by atoms with E-state index in [1.807, 2.05) is 0 Å². The summed E-state index contributed by atoms with van der Waals surface area (Å²) in [6.45, 7) is 2.43. The molecule has 0 aromatic carbocycles. The van der Waals surface area contributed by atoms with Crippen LogP contribution in [0.25, 0.3) is 0 Å². The third-order valence-electron chi connectivity index (χ3n) is 2.26. The molecule has 0 aliphatic rings. The molecule has 0 bridgehead atoms. The molecular weight excluding hydrogens is 250 g/mol. The van der Waals surface area contributed by atoms with Gasteiger partial charge >= 0.3 is 0 Å². The number of hydrogen-bond acceptors (Lipinski definition) is 6. The molecule has 2 heterocycles. The number of thiocarbonyl (C=S) groups is 1. The van der Waals surface area contributed by atoms with Crippen molar-refractivity contribution in [1.82, 2.24) is 15.1 Å². The number of aryl methyl sites for hydroxylation is 1. The maximum Gasteiger partial charge on any atom is 0.228 e. The molecule has 7 heteroatoms. The summed E-state index contributed by atoms with van der Waals surface area (Å²) in [5.41, 5.74) is 6.34. The fourth-order valence-electron chi connectivity index (χ4n) is 1.42. The number of rotatable bonds is 5. The third-order valence-corrected chi connectivity index (χ3v) is 2.49. The van der Waals surface area contributed by atoms with Crippen LogP contribution in [0.4, 0.5) is 5.82 Å². The standard InChI is InChI=1S/C11H13N5OS/c1-7-15-10(17-16-7)3-5-14-9-6-8(11(12)18)2-4-13-9/h2,4,6H,3,5H2,1H3,(H2,12,18)(H,13,14). The zero-order chi connectivity index (χ0) is 13.0. The Morgan fingerprint density at radius 1 is 1.56 bits per heavy atom. The molecule has 2 aromatic heterocycles. The summed E-state index contributed by atoms with van der Waals surface area (Å²) in [6.07, 6.45) is 2.30. The van der Waals surface area contributed by atoms with Gasteiger partial charge in [-0.1, -0.05) is 17.4 Å². The third kappa shape index (κ3) is 3.24. The molecule has 0 aliphatic carbocycles. The molecule has 0 aliphatic heterocycles. The van der Waals surface area contributed by atoms with E-state index in [1.165, 1.54) is 0 Å². The zero-order valence-corrected chi connectivity index (χ0v) is 10.7. The van der Waals surface area contributed by atoms with Gasteiger partial charge in [0.05, 0.1) is 0 Å². The van der Waals surface area contributed by atoms with E-state index >= 15 is 0 Å². The first-order valence-electron chi connectivity index (χ1n) is 5.44. The average molecular weight is 263 g/mol. The molecule has 94 valence electrons. The number of hydrogen-bond donors (Lipinski definition) is 2. The van der Waals surface area contributed by atoms with Crippen molar-refractivity contribution in [3.63, 3.8) is 0 Å². The molecule has 2 rings (SSSR count). The van der Waals surface area contributed by atoms with Crippen LogP contribution in [0.15, 0.2) is 22.9 Å². The molecule has 0 atom stereocenters. The summed E-state index contributed by atoms with van der Waals surface area (Å²) >= 11 is 4.90. The van der Waals surface area contributed by atoms with Crippen molar-refractivity contribution in [1.29, 1.82) is 0 Å². The minimum atomic E-state index is 0.355. The van der Waals surface area contributed by atoms with E-state index in [0.717, 1.165) is 11.4 Å². The second kappa shape index (κ2) is 5.54. The van der Waals surface area contributed by atoms with Gasteiger partial charge in [-0.25, -0.2) is 4.98 Å².